The van der Waals surface area contributed by atoms with Crippen molar-refractivity contribution >= 4 is 23.6 Å². The van der Waals surface area contributed by atoms with Crippen molar-refractivity contribution < 1.29 is 37.1 Å². The van der Waals surface area contributed by atoms with Crippen LogP contribution < -0.4 is 15.4 Å². The number of alkyl halides is 3. The normalized spacial score (nSPS) is 21.1. The summed E-state index contributed by atoms with van der Waals surface area (Å²) in [5.74, 6) is -0.652. The van der Waals surface area contributed by atoms with Crippen molar-refractivity contribution in [1.82, 2.24) is 20.4 Å². The van der Waals surface area contributed by atoms with Crippen LogP contribution in [-0.4, -0.2) is 65.2 Å². The Bertz CT molecular complexity index is 1330. The van der Waals surface area contributed by atoms with E-state index in [1.54, 1.807) is 18.2 Å². The maximum atomic E-state index is 13.0. The van der Waals surface area contributed by atoms with Gasteiger partial charge in [0.1, 0.15) is 11.8 Å². The number of nitrogens with one attached hydrogen (secondary N) is 2. The Labute approximate surface area is 235 Å². The molecule has 3 aliphatic heterocycles. The summed E-state index contributed by atoms with van der Waals surface area (Å²) in [4.78, 5) is 53.2. The average molecular weight is 573 g/mol. The van der Waals surface area contributed by atoms with Gasteiger partial charge in [0.25, 0.3) is 5.91 Å². The van der Waals surface area contributed by atoms with Crippen LogP contribution in [0.5, 0.6) is 5.75 Å². The monoisotopic (exact) mass is 572 g/mol. The number of piperidine rings is 1. The lowest BCUT2D eigenvalue weighted by Gasteiger charge is -2.29. The van der Waals surface area contributed by atoms with Crippen LogP contribution >= 0.6 is 0 Å². The lowest BCUT2D eigenvalue weighted by Crippen LogP contribution is -2.52. The number of carbonyl (C=O) groups is 4. The minimum Gasteiger partial charge on any atom is -0.493 e. The minimum atomic E-state index is -4.40. The van der Waals surface area contributed by atoms with E-state index >= 15 is 0 Å². The van der Waals surface area contributed by atoms with Gasteiger partial charge in [-0.1, -0.05) is 18.2 Å². The van der Waals surface area contributed by atoms with E-state index in [2.05, 4.69) is 15.5 Å². The van der Waals surface area contributed by atoms with Gasteiger partial charge in [-0.15, -0.1) is 0 Å². The Balaban J connectivity index is 1.10. The van der Waals surface area contributed by atoms with Gasteiger partial charge in [-0.05, 0) is 62.1 Å². The summed E-state index contributed by atoms with van der Waals surface area (Å²) in [7, 11) is 0. The van der Waals surface area contributed by atoms with Crippen molar-refractivity contribution in [2.75, 3.05) is 19.7 Å². The molecule has 2 fully saturated rings. The summed E-state index contributed by atoms with van der Waals surface area (Å²) in [5.41, 5.74) is 1.06. The standard InChI is InChI=1S/C29H31F3N4O5/c30-29(31,32)19-9-7-18(8-10-19)16-33-26(38)22-5-2-13-35(22)14-3-15-41-24-6-1-4-20-21(24)17-36(28(20)40)23-11-12-25(37)34-27(23)39/h1,4,6-10,22-23H,2-3,5,11-17H2,(H,33,38)(H,34,37,39)/t22-,23?/m1/s1. The van der Waals surface area contributed by atoms with Crippen LogP contribution in [-0.2, 0) is 33.6 Å². The third-order valence-electron chi connectivity index (χ3n) is 7.80. The van der Waals surface area contributed by atoms with Gasteiger partial charge >= 0.3 is 6.18 Å². The number of hydrogen-bond donors (Lipinski definition) is 2. The molecule has 2 aromatic carbocycles. The minimum absolute atomic E-state index is 0.151. The second-order valence-corrected chi connectivity index (χ2v) is 10.5. The Hall–Kier alpha value is -3.93. The Morgan fingerprint density at radius 3 is 2.59 bits per heavy atom. The lowest BCUT2D eigenvalue weighted by atomic mass is 10.0. The number of ether oxygens (including phenoxy) is 1. The second-order valence-electron chi connectivity index (χ2n) is 10.5. The van der Waals surface area contributed by atoms with Gasteiger partial charge < -0.3 is 15.0 Å². The van der Waals surface area contributed by atoms with Crippen molar-refractivity contribution in [3.63, 3.8) is 0 Å². The first-order chi connectivity index (χ1) is 19.6. The highest BCUT2D eigenvalue weighted by Gasteiger charge is 2.40. The van der Waals surface area contributed by atoms with Crippen LogP contribution in [0.15, 0.2) is 42.5 Å². The van der Waals surface area contributed by atoms with E-state index in [4.69, 9.17) is 4.74 Å². The topological polar surface area (TPSA) is 108 Å². The third-order valence-corrected chi connectivity index (χ3v) is 7.80. The summed E-state index contributed by atoms with van der Waals surface area (Å²) in [6.45, 7) is 2.12. The number of carbonyl (C=O) groups excluding carboxylic acids is 4. The number of imide groups is 1. The number of halogens is 3. The molecule has 1 unspecified atom stereocenters. The lowest BCUT2D eigenvalue weighted by molar-refractivity contribution is -0.138. The van der Waals surface area contributed by atoms with Crippen LogP contribution in [0.2, 0.25) is 0 Å². The van der Waals surface area contributed by atoms with Crippen LogP contribution in [0.4, 0.5) is 13.2 Å². The molecule has 218 valence electrons. The molecule has 12 heteroatoms. The fourth-order valence-electron chi connectivity index (χ4n) is 5.65. The molecule has 0 aromatic heterocycles. The first kappa shape index (κ1) is 28.6. The molecule has 4 amide bonds. The summed E-state index contributed by atoms with van der Waals surface area (Å²) in [6.07, 6.45) is -1.73. The Kier molecular flexibility index (Phi) is 8.30. The predicted molar refractivity (Wildman–Crippen MR) is 140 cm³/mol. The van der Waals surface area contributed by atoms with E-state index in [0.717, 1.165) is 25.1 Å². The van der Waals surface area contributed by atoms with Crippen LogP contribution in [0, 0.1) is 0 Å². The highest BCUT2D eigenvalue weighted by Crippen LogP contribution is 2.34. The van der Waals surface area contributed by atoms with E-state index < -0.39 is 23.7 Å². The van der Waals surface area contributed by atoms with Gasteiger partial charge in [-0.2, -0.15) is 13.2 Å². The molecule has 0 bridgehead atoms. The molecule has 41 heavy (non-hydrogen) atoms. The van der Waals surface area contributed by atoms with E-state index in [-0.39, 0.29) is 49.7 Å². The highest BCUT2D eigenvalue weighted by atomic mass is 19.4. The molecule has 0 saturated carbocycles. The molecule has 2 atom stereocenters. The molecule has 3 heterocycles. The van der Waals surface area contributed by atoms with E-state index in [1.165, 1.54) is 17.0 Å². The summed E-state index contributed by atoms with van der Waals surface area (Å²) >= 11 is 0. The molecule has 5 rings (SSSR count). The van der Waals surface area contributed by atoms with E-state index in [1.807, 2.05) is 0 Å². The molecular weight excluding hydrogens is 541 g/mol. The van der Waals surface area contributed by atoms with Gasteiger partial charge in [-0.3, -0.25) is 29.4 Å². The summed E-state index contributed by atoms with van der Waals surface area (Å²) in [5, 5.41) is 5.14. The first-order valence-electron chi connectivity index (χ1n) is 13.7. The molecule has 9 nitrogen and oxygen atoms in total. The third kappa shape index (κ3) is 6.37. The highest BCUT2D eigenvalue weighted by molar-refractivity contribution is 6.05. The summed E-state index contributed by atoms with van der Waals surface area (Å²) < 4.78 is 44.3. The largest absolute Gasteiger partial charge is 0.493 e. The maximum Gasteiger partial charge on any atom is 0.416 e. The molecule has 2 N–H and O–H groups in total. The smallest absolute Gasteiger partial charge is 0.416 e. The van der Waals surface area contributed by atoms with Crippen molar-refractivity contribution in [2.45, 2.75) is 63.5 Å². The van der Waals surface area contributed by atoms with Crippen molar-refractivity contribution in [3.8, 4) is 5.75 Å². The SMILES string of the molecule is O=C1CCC(N2Cc3c(OCCCN4CCC[C@@H]4C(=O)NCc4ccc(C(F)(F)F)cc4)cccc3C2=O)C(=O)N1. The molecule has 0 aliphatic carbocycles. The number of nitrogens with zero attached hydrogens (tertiary/aromatic N) is 2. The number of likely N-dealkylation sites (tertiary alicyclic amines) is 1. The Morgan fingerprint density at radius 2 is 1.85 bits per heavy atom. The molecule has 0 spiro atoms. The quantitative estimate of drug-likeness (QED) is 0.354. The van der Waals surface area contributed by atoms with Gasteiger partial charge in [0, 0.05) is 30.6 Å². The molecule has 2 saturated heterocycles. The van der Waals surface area contributed by atoms with Crippen molar-refractivity contribution in [3.05, 3.63) is 64.7 Å². The molecule has 0 radical (unpaired) electrons. The number of hydrogen-bond acceptors (Lipinski definition) is 6. The molecule has 2 aromatic rings. The van der Waals surface area contributed by atoms with E-state index in [0.29, 0.717) is 48.4 Å². The van der Waals surface area contributed by atoms with Gasteiger partial charge in [-0.25, -0.2) is 0 Å². The van der Waals surface area contributed by atoms with Crippen LogP contribution in [0.25, 0.3) is 0 Å². The molecule has 3 aliphatic rings. The number of fused-ring (bicyclic) bond motifs is 1. The first-order valence-corrected chi connectivity index (χ1v) is 13.7. The zero-order chi connectivity index (χ0) is 29.1. The van der Waals surface area contributed by atoms with Crippen molar-refractivity contribution in [1.29, 1.82) is 0 Å². The van der Waals surface area contributed by atoms with Gasteiger partial charge in [0.2, 0.25) is 17.7 Å². The summed E-state index contributed by atoms with van der Waals surface area (Å²) in [6, 6.07) is 8.96. The second kappa shape index (κ2) is 11.9. The fraction of sp³-hybridized carbons (Fsp3) is 0.448. The predicted octanol–water partition coefficient (Wildman–Crippen LogP) is 3.02. The maximum absolute atomic E-state index is 13.0. The van der Waals surface area contributed by atoms with Crippen LogP contribution in [0.1, 0.15) is 59.2 Å². The van der Waals surface area contributed by atoms with Crippen LogP contribution in [0.3, 0.4) is 0 Å². The zero-order valence-electron chi connectivity index (χ0n) is 22.3. The number of benzene rings is 2. The number of rotatable bonds is 9. The zero-order valence-corrected chi connectivity index (χ0v) is 22.3. The van der Waals surface area contributed by atoms with Gasteiger partial charge in [0.05, 0.1) is 24.8 Å². The van der Waals surface area contributed by atoms with Crippen molar-refractivity contribution in [2.24, 2.45) is 0 Å². The fourth-order valence-corrected chi connectivity index (χ4v) is 5.65. The van der Waals surface area contributed by atoms with E-state index in [9.17, 15) is 32.3 Å². The average Bonchev–Trinajstić information content (AvgIpc) is 3.54. The van der Waals surface area contributed by atoms with Gasteiger partial charge in [0.15, 0.2) is 0 Å². The Morgan fingerprint density at radius 1 is 1.07 bits per heavy atom. The number of amides is 4. The molecular formula is C29H31F3N4O5.